The molecule has 0 aromatic carbocycles. The summed E-state index contributed by atoms with van der Waals surface area (Å²) in [4.78, 5) is 21.6. The third-order valence-corrected chi connectivity index (χ3v) is 5.87. The van der Waals surface area contributed by atoms with Crippen molar-refractivity contribution < 1.29 is 4.79 Å². The van der Waals surface area contributed by atoms with Crippen LogP contribution in [0.3, 0.4) is 0 Å². The Kier molecular flexibility index (Phi) is 4.46. The minimum absolute atomic E-state index is 0.0268. The van der Waals surface area contributed by atoms with Crippen molar-refractivity contribution in [3.8, 4) is 0 Å². The van der Waals surface area contributed by atoms with E-state index in [0.29, 0.717) is 11.8 Å². The molecule has 0 saturated carbocycles. The van der Waals surface area contributed by atoms with Gasteiger partial charge in [0.1, 0.15) is 0 Å². The van der Waals surface area contributed by atoms with Gasteiger partial charge in [0, 0.05) is 37.6 Å². The van der Waals surface area contributed by atoms with Gasteiger partial charge in [0.25, 0.3) is 0 Å². The first-order valence-corrected chi connectivity index (χ1v) is 9.45. The van der Waals surface area contributed by atoms with Gasteiger partial charge in [-0.15, -0.1) is 0 Å². The molecule has 25 heavy (non-hydrogen) atoms. The number of hydrogen-bond acceptors (Lipinski definition) is 4. The average molecular weight is 341 g/mol. The second-order valence-corrected chi connectivity index (χ2v) is 7.40. The molecule has 6 heteroatoms. The lowest BCUT2D eigenvalue weighted by Gasteiger charge is -2.35. The van der Waals surface area contributed by atoms with Gasteiger partial charge in [-0.2, -0.15) is 5.10 Å². The largest absolute Gasteiger partial charge is 0.341 e. The number of piperidine rings is 1. The van der Waals surface area contributed by atoms with Crippen molar-refractivity contribution in [3.63, 3.8) is 0 Å². The van der Waals surface area contributed by atoms with Gasteiger partial charge in [0.05, 0.1) is 11.7 Å². The summed E-state index contributed by atoms with van der Waals surface area (Å²) in [6.45, 7) is 5.87. The Hall–Kier alpha value is -1.95. The molecule has 0 radical (unpaired) electrons. The van der Waals surface area contributed by atoms with E-state index in [2.05, 4.69) is 27.8 Å². The summed E-state index contributed by atoms with van der Waals surface area (Å²) in [6.07, 6.45) is 6.23. The lowest BCUT2D eigenvalue weighted by Crippen LogP contribution is -2.48. The maximum absolute atomic E-state index is 12.8. The zero-order valence-electron chi connectivity index (χ0n) is 15.2. The monoisotopic (exact) mass is 341 g/mol. The van der Waals surface area contributed by atoms with Crippen molar-refractivity contribution in [1.29, 1.82) is 0 Å². The number of rotatable bonds is 3. The van der Waals surface area contributed by atoms with Gasteiger partial charge in [0.2, 0.25) is 5.91 Å². The molecule has 2 aliphatic heterocycles. The molecule has 6 nitrogen and oxygen atoms in total. The number of carbonyl (C=O) groups excluding carboxylic acids is 1. The van der Waals surface area contributed by atoms with Crippen LogP contribution in [0.1, 0.15) is 44.2 Å². The van der Waals surface area contributed by atoms with E-state index < -0.39 is 0 Å². The van der Waals surface area contributed by atoms with E-state index in [0.717, 1.165) is 55.7 Å². The molecule has 0 bridgehead atoms. The summed E-state index contributed by atoms with van der Waals surface area (Å²) in [5.74, 6) is 0.715. The number of carbonyl (C=O) groups is 1. The van der Waals surface area contributed by atoms with E-state index >= 15 is 0 Å². The molecular weight excluding hydrogens is 314 g/mol. The molecule has 1 amide bonds. The van der Waals surface area contributed by atoms with Crippen LogP contribution >= 0.6 is 0 Å². The Morgan fingerprint density at radius 3 is 2.64 bits per heavy atom. The number of nitrogens with zero attached hydrogens (tertiary/aromatic N) is 5. The van der Waals surface area contributed by atoms with Gasteiger partial charge in [-0.3, -0.25) is 14.4 Å². The maximum Gasteiger partial charge on any atom is 0.239 e. The van der Waals surface area contributed by atoms with E-state index in [9.17, 15) is 4.79 Å². The molecule has 2 aromatic heterocycles. The van der Waals surface area contributed by atoms with Crippen LogP contribution in [0.25, 0.3) is 11.0 Å². The average Bonchev–Trinajstić information content (AvgIpc) is 3.30. The fraction of sp³-hybridized carbons (Fsp3) is 0.632. The molecule has 2 saturated heterocycles. The van der Waals surface area contributed by atoms with E-state index in [1.165, 1.54) is 12.8 Å². The quantitative estimate of drug-likeness (QED) is 0.858. The molecule has 0 N–H and O–H groups in total. The second kappa shape index (κ2) is 6.75. The van der Waals surface area contributed by atoms with Gasteiger partial charge < -0.3 is 4.90 Å². The minimum atomic E-state index is 0.0268. The summed E-state index contributed by atoms with van der Waals surface area (Å²) in [6, 6.07) is 4.11. The first-order chi connectivity index (χ1) is 12.1. The van der Waals surface area contributed by atoms with Crippen molar-refractivity contribution in [2.75, 3.05) is 26.2 Å². The van der Waals surface area contributed by atoms with Crippen LogP contribution in [0.4, 0.5) is 0 Å². The topological polar surface area (TPSA) is 54.3 Å². The van der Waals surface area contributed by atoms with Crippen molar-refractivity contribution in [3.05, 3.63) is 24.0 Å². The Morgan fingerprint density at radius 1 is 1.20 bits per heavy atom. The molecule has 0 aliphatic carbocycles. The second-order valence-electron chi connectivity index (χ2n) is 7.40. The van der Waals surface area contributed by atoms with Gasteiger partial charge in [-0.05, 0) is 57.8 Å². The van der Waals surface area contributed by atoms with Crippen LogP contribution in [0.2, 0.25) is 0 Å². The van der Waals surface area contributed by atoms with Crippen molar-refractivity contribution in [2.45, 2.75) is 44.6 Å². The number of pyridine rings is 1. The predicted molar refractivity (Wildman–Crippen MR) is 97.3 cm³/mol. The van der Waals surface area contributed by atoms with Crippen LogP contribution in [-0.4, -0.2) is 62.7 Å². The highest BCUT2D eigenvalue weighted by Crippen LogP contribution is 2.32. The van der Waals surface area contributed by atoms with Crippen molar-refractivity contribution >= 4 is 16.9 Å². The van der Waals surface area contributed by atoms with E-state index in [4.69, 9.17) is 5.10 Å². The zero-order chi connectivity index (χ0) is 17.4. The SMILES string of the molecule is C[C@@H](C(=O)N1CCC(c2nn(C)c3ncccc23)CC1)N1CCCC1. The molecule has 0 spiro atoms. The predicted octanol–water partition coefficient (Wildman–Crippen LogP) is 2.16. The van der Waals surface area contributed by atoms with E-state index in [1.807, 2.05) is 24.0 Å². The van der Waals surface area contributed by atoms with Gasteiger partial charge >= 0.3 is 0 Å². The number of aryl methyl sites for hydroxylation is 1. The molecule has 4 rings (SSSR count). The molecule has 0 unspecified atom stereocenters. The Labute approximate surface area is 148 Å². The van der Waals surface area contributed by atoms with Crippen LogP contribution in [-0.2, 0) is 11.8 Å². The smallest absolute Gasteiger partial charge is 0.239 e. The van der Waals surface area contributed by atoms with Gasteiger partial charge in [0.15, 0.2) is 5.65 Å². The number of likely N-dealkylation sites (tertiary alicyclic amines) is 2. The summed E-state index contributed by atoms with van der Waals surface area (Å²) < 4.78 is 1.87. The third-order valence-electron chi connectivity index (χ3n) is 5.87. The van der Waals surface area contributed by atoms with Crippen LogP contribution in [0.15, 0.2) is 18.3 Å². The molecule has 2 fully saturated rings. The lowest BCUT2D eigenvalue weighted by molar-refractivity contribution is -0.137. The fourth-order valence-electron chi connectivity index (χ4n) is 4.34. The van der Waals surface area contributed by atoms with Crippen LogP contribution in [0, 0.1) is 0 Å². The number of hydrogen-bond donors (Lipinski definition) is 0. The first kappa shape index (κ1) is 16.5. The van der Waals surface area contributed by atoms with Crippen LogP contribution < -0.4 is 0 Å². The summed E-state index contributed by atoms with van der Waals surface area (Å²) >= 11 is 0. The van der Waals surface area contributed by atoms with Crippen molar-refractivity contribution in [2.24, 2.45) is 7.05 Å². The van der Waals surface area contributed by atoms with E-state index in [1.54, 1.807) is 0 Å². The normalized spacial score (nSPS) is 21.1. The van der Waals surface area contributed by atoms with Crippen LogP contribution in [0.5, 0.6) is 0 Å². The first-order valence-electron chi connectivity index (χ1n) is 9.45. The number of fused-ring (bicyclic) bond motifs is 1. The summed E-state index contributed by atoms with van der Waals surface area (Å²) in [5.41, 5.74) is 2.09. The lowest BCUT2D eigenvalue weighted by atomic mass is 9.91. The summed E-state index contributed by atoms with van der Waals surface area (Å²) in [5, 5.41) is 5.88. The van der Waals surface area contributed by atoms with Crippen molar-refractivity contribution in [1.82, 2.24) is 24.6 Å². The molecule has 4 heterocycles. The molecule has 2 aliphatic rings. The highest BCUT2D eigenvalue weighted by atomic mass is 16.2. The Balaban J connectivity index is 1.43. The fourth-order valence-corrected chi connectivity index (χ4v) is 4.34. The molecule has 1 atom stereocenters. The number of amides is 1. The summed E-state index contributed by atoms with van der Waals surface area (Å²) in [7, 11) is 1.95. The molecule has 2 aromatic rings. The van der Waals surface area contributed by atoms with Gasteiger partial charge in [-0.1, -0.05) is 0 Å². The van der Waals surface area contributed by atoms with E-state index in [-0.39, 0.29) is 6.04 Å². The molecule has 134 valence electrons. The maximum atomic E-state index is 12.8. The Morgan fingerprint density at radius 2 is 1.92 bits per heavy atom. The number of aromatic nitrogens is 3. The third kappa shape index (κ3) is 3.03. The standard InChI is InChI=1S/C19H27N5O/c1-14(23-10-3-4-11-23)19(25)24-12-7-15(8-13-24)17-16-6-5-9-20-18(16)22(2)21-17/h5-6,9,14-15H,3-4,7-8,10-13H2,1-2H3/t14-/m0/s1. The Bertz CT molecular complexity index is 756. The molecular formula is C19H27N5O. The highest BCUT2D eigenvalue weighted by Gasteiger charge is 2.31. The zero-order valence-corrected chi connectivity index (χ0v) is 15.2. The van der Waals surface area contributed by atoms with Gasteiger partial charge in [-0.25, -0.2) is 4.98 Å². The highest BCUT2D eigenvalue weighted by molar-refractivity contribution is 5.82. The minimum Gasteiger partial charge on any atom is -0.341 e.